The van der Waals surface area contributed by atoms with Crippen LogP contribution in [0.3, 0.4) is 0 Å². The topological polar surface area (TPSA) is 9.23 Å². The molecule has 1 nitrogen and oxygen atoms in total. The molecular formula is C14H10ClF3O. The summed E-state index contributed by atoms with van der Waals surface area (Å²) in [5.41, 5.74) is -1.10. The normalized spacial score (nSPS) is 13.1. The smallest absolute Gasteiger partial charge is 0.429 e. The molecule has 0 aromatic heterocycles. The highest BCUT2D eigenvalue weighted by Crippen LogP contribution is 2.30. The van der Waals surface area contributed by atoms with Gasteiger partial charge in [-0.05, 0) is 23.3 Å². The van der Waals surface area contributed by atoms with Crippen molar-refractivity contribution in [3.63, 3.8) is 0 Å². The van der Waals surface area contributed by atoms with Gasteiger partial charge in [0.25, 0.3) is 5.63 Å². The van der Waals surface area contributed by atoms with Gasteiger partial charge in [0.1, 0.15) is 5.75 Å². The Morgan fingerprint density at radius 1 is 0.895 bits per heavy atom. The molecule has 1 atom stereocenters. The van der Waals surface area contributed by atoms with E-state index in [9.17, 15) is 13.2 Å². The van der Waals surface area contributed by atoms with Crippen LogP contribution in [0, 0.1) is 0 Å². The predicted molar refractivity (Wildman–Crippen MR) is 68.2 cm³/mol. The van der Waals surface area contributed by atoms with E-state index >= 15 is 0 Å². The number of hydrogen-bond donors (Lipinski definition) is 0. The second-order valence-electron chi connectivity index (χ2n) is 3.85. The van der Waals surface area contributed by atoms with Gasteiger partial charge in [-0.2, -0.15) is 8.78 Å². The maximum Gasteiger partial charge on any atom is 0.444 e. The zero-order chi connectivity index (χ0) is 13.9. The fraction of sp³-hybridized carbons (Fsp3) is 0.143. The minimum Gasteiger partial charge on any atom is -0.429 e. The van der Waals surface area contributed by atoms with E-state index in [1.165, 1.54) is 12.1 Å². The molecule has 0 bridgehead atoms. The molecule has 0 heterocycles. The van der Waals surface area contributed by atoms with Gasteiger partial charge in [-0.1, -0.05) is 54.1 Å². The summed E-state index contributed by atoms with van der Waals surface area (Å²) in [5, 5.41) is 0. The van der Waals surface area contributed by atoms with Crippen molar-refractivity contribution in [2.75, 3.05) is 0 Å². The van der Waals surface area contributed by atoms with Crippen LogP contribution in [0.2, 0.25) is 0 Å². The van der Waals surface area contributed by atoms with Crippen molar-refractivity contribution in [2.24, 2.45) is 0 Å². The molecule has 2 aromatic rings. The highest BCUT2D eigenvalue weighted by molar-refractivity contribution is 6.20. The summed E-state index contributed by atoms with van der Waals surface area (Å²) < 4.78 is 42.5. The van der Waals surface area contributed by atoms with Crippen LogP contribution < -0.4 is 4.74 Å². The zero-order valence-electron chi connectivity index (χ0n) is 9.69. The Kier molecular flexibility index (Phi) is 4.00. The molecule has 0 amide bonds. The molecule has 0 saturated carbocycles. The molecule has 19 heavy (non-hydrogen) atoms. The van der Waals surface area contributed by atoms with E-state index < -0.39 is 11.7 Å². The first-order valence-electron chi connectivity index (χ1n) is 5.49. The lowest BCUT2D eigenvalue weighted by Gasteiger charge is -2.17. The van der Waals surface area contributed by atoms with Crippen molar-refractivity contribution in [3.8, 4) is 16.9 Å². The summed E-state index contributed by atoms with van der Waals surface area (Å²) in [6, 6.07) is 15.3. The minimum absolute atomic E-state index is 0.145. The van der Waals surface area contributed by atoms with Crippen LogP contribution in [0.5, 0.6) is 5.75 Å². The Hall–Kier alpha value is -1.68. The number of benzene rings is 2. The fourth-order valence-corrected chi connectivity index (χ4v) is 1.59. The van der Waals surface area contributed by atoms with Crippen LogP contribution in [0.15, 0.2) is 54.6 Å². The number of hydrogen-bond acceptors (Lipinski definition) is 1. The van der Waals surface area contributed by atoms with E-state index in [1.807, 2.05) is 30.3 Å². The number of ether oxygens (including phenoxy) is 1. The number of halogens is 4. The highest BCUT2D eigenvalue weighted by Gasteiger charge is 2.42. The first kappa shape index (κ1) is 13.7. The summed E-state index contributed by atoms with van der Waals surface area (Å²) >= 11 is 4.70. The van der Waals surface area contributed by atoms with Crippen molar-refractivity contribution in [1.29, 1.82) is 0 Å². The maximum absolute atomic E-state index is 12.9. The van der Waals surface area contributed by atoms with Crippen LogP contribution >= 0.6 is 11.6 Å². The van der Waals surface area contributed by atoms with Crippen molar-refractivity contribution < 1.29 is 17.9 Å². The predicted octanol–water partition coefficient (Wildman–Crippen LogP) is 4.86. The largest absolute Gasteiger partial charge is 0.444 e. The molecule has 2 aromatic carbocycles. The van der Waals surface area contributed by atoms with Gasteiger partial charge in [0.2, 0.25) is 0 Å². The minimum atomic E-state index is -4.05. The Labute approximate surface area is 113 Å². The number of alkyl halides is 4. The van der Waals surface area contributed by atoms with E-state index in [2.05, 4.69) is 4.74 Å². The van der Waals surface area contributed by atoms with E-state index in [4.69, 9.17) is 11.6 Å². The molecule has 0 aliphatic carbocycles. The van der Waals surface area contributed by atoms with Gasteiger partial charge in [0.15, 0.2) is 0 Å². The first-order valence-corrected chi connectivity index (χ1v) is 5.93. The van der Waals surface area contributed by atoms with Crippen LogP contribution in [0.4, 0.5) is 13.2 Å². The lowest BCUT2D eigenvalue weighted by Crippen LogP contribution is -2.32. The molecule has 0 aliphatic heterocycles. The van der Waals surface area contributed by atoms with Gasteiger partial charge >= 0.3 is 6.11 Å². The molecule has 0 spiro atoms. The van der Waals surface area contributed by atoms with Gasteiger partial charge in [-0.3, -0.25) is 0 Å². The summed E-state index contributed by atoms with van der Waals surface area (Å²) in [5.74, 6) is -0.145. The molecule has 2 rings (SSSR count). The van der Waals surface area contributed by atoms with Gasteiger partial charge in [0.05, 0.1) is 0 Å². The van der Waals surface area contributed by atoms with Crippen molar-refractivity contribution in [3.05, 3.63) is 54.6 Å². The van der Waals surface area contributed by atoms with Gasteiger partial charge in [0, 0.05) is 0 Å². The lowest BCUT2D eigenvalue weighted by molar-refractivity contribution is -0.199. The molecule has 1 unspecified atom stereocenters. The number of rotatable bonds is 4. The third kappa shape index (κ3) is 3.41. The quantitative estimate of drug-likeness (QED) is 0.729. The molecule has 0 saturated heterocycles. The van der Waals surface area contributed by atoms with Crippen LogP contribution in [0.25, 0.3) is 11.1 Å². The molecule has 0 radical (unpaired) electrons. The second kappa shape index (κ2) is 5.53. The Morgan fingerprint density at radius 2 is 1.42 bits per heavy atom. The molecule has 0 aliphatic rings. The van der Waals surface area contributed by atoms with E-state index in [0.717, 1.165) is 11.1 Å². The van der Waals surface area contributed by atoms with E-state index in [1.54, 1.807) is 12.1 Å². The monoisotopic (exact) mass is 286 g/mol. The lowest BCUT2D eigenvalue weighted by atomic mass is 10.1. The van der Waals surface area contributed by atoms with Crippen molar-refractivity contribution in [1.82, 2.24) is 0 Å². The average Bonchev–Trinajstić information content (AvgIpc) is 2.40. The maximum atomic E-state index is 12.9. The molecular weight excluding hydrogens is 277 g/mol. The van der Waals surface area contributed by atoms with Crippen LogP contribution in [-0.2, 0) is 0 Å². The highest BCUT2D eigenvalue weighted by atomic mass is 35.5. The molecule has 100 valence electrons. The summed E-state index contributed by atoms with van der Waals surface area (Å²) in [4.78, 5) is 0. The Balaban J connectivity index is 2.16. The zero-order valence-corrected chi connectivity index (χ0v) is 10.4. The standard InChI is InChI=1S/C14H10ClF3O/c15-13(16)14(17,18)19-12-8-6-11(7-9-12)10-4-2-1-3-5-10/h1-9,13H. The van der Waals surface area contributed by atoms with Gasteiger partial charge in [-0.15, -0.1) is 0 Å². The van der Waals surface area contributed by atoms with Crippen LogP contribution in [-0.4, -0.2) is 11.7 Å². The summed E-state index contributed by atoms with van der Waals surface area (Å²) in [6.45, 7) is 0. The first-order chi connectivity index (χ1) is 8.99. The molecule has 0 N–H and O–H groups in total. The SMILES string of the molecule is FC(Cl)C(F)(F)Oc1ccc(-c2ccccc2)cc1. The Morgan fingerprint density at radius 3 is 1.95 bits per heavy atom. The van der Waals surface area contributed by atoms with Crippen molar-refractivity contribution >= 4 is 11.6 Å². The summed E-state index contributed by atoms with van der Waals surface area (Å²) in [6.07, 6.45) is -4.05. The van der Waals surface area contributed by atoms with Gasteiger partial charge in [-0.25, -0.2) is 4.39 Å². The Bertz CT molecular complexity index is 526. The van der Waals surface area contributed by atoms with Gasteiger partial charge < -0.3 is 4.74 Å². The van der Waals surface area contributed by atoms with Crippen molar-refractivity contribution in [2.45, 2.75) is 11.7 Å². The fourth-order valence-electron chi connectivity index (χ4n) is 1.55. The van der Waals surface area contributed by atoms with E-state index in [-0.39, 0.29) is 5.75 Å². The van der Waals surface area contributed by atoms with E-state index in [0.29, 0.717) is 0 Å². The second-order valence-corrected chi connectivity index (χ2v) is 4.24. The average molecular weight is 287 g/mol. The molecule has 5 heteroatoms. The third-order valence-corrected chi connectivity index (χ3v) is 2.72. The third-order valence-electron chi connectivity index (χ3n) is 2.47. The van der Waals surface area contributed by atoms with Crippen LogP contribution in [0.1, 0.15) is 0 Å². The summed E-state index contributed by atoms with van der Waals surface area (Å²) in [7, 11) is 0. The molecule has 0 fully saturated rings.